The van der Waals surface area contributed by atoms with Gasteiger partial charge >= 0.3 is 0 Å². The van der Waals surface area contributed by atoms with Crippen molar-refractivity contribution in [1.29, 1.82) is 0 Å². The molecule has 4 rings (SSSR count). The van der Waals surface area contributed by atoms with E-state index in [0.717, 1.165) is 31.4 Å². The van der Waals surface area contributed by atoms with Crippen molar-refractivity contribution in [3.63, 3.8) is 0 Å². The molecule has 1 unspecified atom stereocenters. The third-order valence-corrected chi connectivity index (χ3v) is 5.88. The van der Waals surface area contributed by atoms with E-state index in [1.165, 1.54) is 6.39 Å². The predicted molar refractivity (Wildman–Crippen MR) is 101 cm³/mol. The largest absolute Gasteiger partial charge is 0.444 e. The molecule has 0 bridgehead atoms. The van der Waals surface area contributed by atoms with Crippen LogP contribution in [0.15, 0.2) is 41.3 Å². The lowest BCUT2D eigenvalue weighted by atomic mass is 9.78. The fourth-order valence-corrected chi connectivity index (χ4v) is 4.34. The summed E-state index contributed by atoms with van der Waals surface area (Å²) < 4.78 is 5.29. The number of piperidine rings is 1. The summed E-state index contributed by atoms with van der Waals surface area (Å²) >= 11 is 0. The monoisotopic (exact) mass is 367 g/mol. The molecule has 0 radical (unpaired) electrons. The minimum atomic E-state index is -0.391. The van der Waals surface area contributed by atoms with Gasteiger partial charge in [-0.05, 0) is 45.2 Å². The van der Waals surface area contributed by atoms with Gasteiger partial charge < -0.3 is 14.2 Å². The van der Waals surface area contributed by atoms with Crippen molar-refractivity contribution in [2.24, 2.45) is 5.41 Å². The number of hydrogen-bond donors (Lipinski definition) is 0. The van der Waals surface area contributed by atoms with Crippen LogP contribution in [0.5, 0.6) is 0 Å². The lowest BCUT2D eigenvalue weighted by Crippen LogP contribution is -2.52. The number of carbonyl (C=O) groups is 2. The average Bonchev–Trinajstić information content (AvgIpc) is 3.34. The Morgan fingerprint density at radius 1 is 1.19 bits per heavy atom. The molecule has 3 heterocycles. The lowest BCUT2D eigenvalue weighted by Gasteiger charge is -2.41. The van der Waals surface area contributed by atoms with Crippen LogP contribution in [-0.2, 0) is 4.79 Å². The fourth-order valence-electron chi connectivity index (χ4n) is 4.34. The zero-order valence-electron chi connectivity index (χ0n) is 15.9. The number of likely N-dealkylation sites (tertiary alicyclic amines) is 2. The van der Waals surface area contributed by atoms with Gasteiger partial charge in [-0.1, -0.05) is 12.1 Å². The second kappa shape index (κ2) is 6.83. The molecule has 2 saturated heterocycles. The zero-order valence-corrected chi connectivity index (χ0v) is 15.9. The predicted octanol–water partition coefficient (Wildman–Crippen LogP) is 3.20. The summed E-state index contributed by atoms with van der Waals surface area (Å²) in [7, 11) is 0. The van der Waals surface area contributed by atoms with E-state index in [0.29, 0.717) is 24.4 Å². The van der Waals surface area contributed by atoms with Gasteiger partial charge in [0, 0.05) is 36.8 Å². The van der Waals surface area contributed by atoms with Crippen LogP contribution in [0.25, 0.3) is 11.3 Å². The molecule has 2 amide bonds. The molecule has 1 aromatic carbocycles. The van der Waals surface area contributed by atoms with Crippen molar-refractivity contribution < 1.29 is 14.0 Å². The summed E-state index contributed by atoms with van der Waals surface area (Å²) in [5, 5.41) is 0. The summed E-state index contributed by atoms with van der Waals surface area (Å²) in [6, 6.07) is 7.57. The van der Waals surface area contributed by atoms with E-state index in [4.69, 9.17) is 4.42 Å². The number of carbonyl (C=O) groups excluding carboxylic acids is 2. The van der Waals surface area contributed by atoms with Gasteiger partial charge in [-0.25, -0.2) is 4.98 Å². The molecular formula is C21H25N3O3. The second-order valence-corrected chi connectivity index (χ2v) is 7.90. The highest BCUT2D eigenvalue weighted by atomic mass is 16.3. The minimum absolute atomic E-state index is 0.00883. The highest BCUT2D eigenvalue weighted by molar-refractivity contribution is 5.96. The highest BCUT2D eigenvalue weighted by Crippen LogP contribution is 2.41. The third kappa shape index (κ3) is 3.13. The molecule has 0 saturated carbocycles. The van der Waals surface area contributed by atoms with Gasteiger partial charge in [0.15, 0.2) is 12.2 Å². The molecule has 1 spiro atoms. The molecule has 6 heteroatoms. The van der Waals surface area contributed by atoms with E-state index in [-0.39, 0.29) is 17.9 Å². The average molecular weight is 367 g/mol. The van der Waals surface area contributed by atoms with Gasteiger partial charge in [-0.2, -0.15) is 0 Å². The van der Waals surface area contributed by atoms with E-state index in [2.05, 4.69) is 18.8 Å². The Morgan fingerprint density at radius 2 is 1.96 bits per heavy atom. The minimum Gasteiger partial charge on any atom is -0.444 e. The number of oxazole rings is 1. The van der Waals surface area contributed by atoms with Crippen LogP contribution in [0, 0.1) is 5.41 Å². The van der Waals surface area contributed by atoms with E-state index in [9.17, 15) is 9.59 Å². The quantitative estimate of drug-likeness (QED) is 0.835. The Kier molecular flexibility index (Phi) is 4.50. The zero-order chi connectivity index (χ0) is 19.0. The Bertz CT molecular complexity index is 829. The van der Waals surface area contributed by atoms with Crippen molar-refractivity contribution >= 4 is 11.8 Å². The summed E-state index contributed by atoms with van der Waals surface area (Å²) in [4.78, 5) is 33.7. The number of hydrogen-bond acceptors (Lipinski definition) is 4. The van der Waals surface area contributed by atoms with Crippen LogP contribution in [0.3, 0.4) is 0 Å². The Balaban J connectivity index is 1.48. The molecule has 0 aliphatic carbocycles. The van der Waals surface area contributed by atoms with Crippen LogP contribution in [0.2, 0.25) is 0 Å². The third-order valence-electron chi connectivity index (χ3n) is 5.88. The molecule has 1 atom stereocenters. The highest BCUT2D eigenvalue weighted by Gasteiger charge is 2.49. The summed E-state index contributed by atoms with van der Waals surface area (Å²) in [5.74, 6) is 0.890. The maximum Gasteiger partial charge on any atom is 0.253 e. The Morgan fingerprint density at radius 3 is 2.63 bits per heavy atom. The molecule has 2 aromatic rings. The molecule has 1 aromatic heterocycles. The van der Waals surface area contributed by atoms with Crippen LogP contribution in [0.4, 0.5) is 0 Å². The van der Waals surface area contributed by atoms with Crippen molar-refractivity contribution in [2.45, 2.75) is 39.2 Å². The van der Waals surface area contributed by atoms with E-state index in [1.807, 2.05) is 34.1 Å². The molecule has 6 nitrogen and oxygen atoms in total. The van der Waals surface area contributed by atoms with Gasteiger partial charge in [-0.15, -0.1) is 0 Å². The van der Waals surface area contributed by atoms with Crippen molar-refractivity contribution in [3.8, 4) is 11.3 Å². The van der Waals surface area contributed by atoms with Crippen molar-refractivity contribution in [1.82, 2.24) is 14.8 Å². The van der Waals surface area contributed by atoms with Gasteiger partial charge in [0.1, 0.15) is 0 Å². The molecule has 2 aliphatic heterocycles. The standard InChI is InChI=1S/C21H25N3O3/c1-15(2)24-10-3-8-21(20(24)26)9-11-23(13-21)19(25)17-6-4-16(5-7-17)18-12-22-14-27-18/h4-7,12,14-15H,3,8-11,13H2,1-2H3. The fraction of sp³-hybridized carbons (Fsp3) is 0.476. The number of amides is 2. The Labute approximate surface area is 159 Å². The number of rotatable bonds is 3. The van der Waals surface area contributed by atoms with E-state index in [1.54, 1.807) is 6.20 Å². The summed E-state index contributed by atoms with van der Waals surface area (Å²) in [6.45, 7) is 6.11. The number of benzene rings is 1. The maximum absolute atomic E-state index is 13.0. The number of aromatic nitrogens is 1. The SMILES string of the molecule is CC(C)N1CCCC2(CCN(C(=O)c3ccc(-c4cnco4)cc3)C2)C1=O. The summed E-state index contributed by atoms with van der Waals surface area (Å²) in [5.41, 5.74) is 1.13. The van der Waals surface area contributed by atoms with Crippen molar-refractivity contribution in [3.05, 3.63) is 42.4 Å². The molecule has 2 fully saturated rings. The topological polar surface area (TPSA) is 66.7 Å². The molecular weight excluding hydrogens is 342 g/mol. The van der Waals surface area contributed by atoms with Crippen molar-refractivity contribution in [2.75, 3.05) is 19.6 Å². The van der Waals surface area contributed by atoms with Crippen LogP contribution >= 0.6 is 0 Å². The van der Waals surface area contributed by atoms with Gasteiger partial charge in [0.25, 0.3) is 5.91 Å². The van der Waals surface area contributed by atoms with Gasteiger partial charge in [0.2, 0.25) is 5.91 Å². The van der Waals surface area contributed by atoms with Crippen LogP contribution in [0.1, 0.15) is 43.5 Å². The molecule has 0 N–H and O–H groups in total. The van der Waals surface area contributed by atoms with E-state index < -0.39 is 5.41 Å². The normalized spacial score (nSPS) is 22.9. The summed E-state index contributed by atoms with van der Waals surface area (Å²) in [6.07, 6.45) is 5.69. The van der Waals surface area contributed by atoms with E-state index >= 15 is 0 Å². The van der Waals surface area contributed by atoms with Gasteiger partial charge in [0.05, 0.1) is 11.6 Å². The van der Waals surface area contributed by atoms with Gasteiger partial charge in [-0.3, -0.25) is 9.59 Å². The lowest BCUT2D eigenvalue weighted by molar-refractivity contribution is -0.147. The second-order valence-electron chi connectivity index (χ2n) is 7.90. The first-order valence-electron chi connectivity index (χ1n) is 9.59. The molecule has 142 valence electrons. The number of nitrogens with zero attached hydrogens (tertiary/aromatic N) is 3. The van der Waals surface area contributed by atoms with Crippen LogP contribution in [-0.4, -0.2) is 52.3 Å². The molecule has 27 heavy (non-hydrogen) atoms. The maximum atomic E-state index is 13.0. The van der Waals surface area contributed by atoms with Crippen LogP contribution < -0.4 is 0 Å². The smallest absolute Gasteiger partial charge is 0.253 e. The first-order chi connectivity index (χ1) is 13.0. The molecule has 2 aliphatic rings. The Hall–Kier alpha value is -2.63. The first kappa shape index (κ1) is 17.8. The first-order valence-corrected chi connectivity index (χ1v) is 9.59.